The van der Waals surface area contributed by atoms with Crippen LogP contribution in [0.1, 0.15) is 25.7 Å². The zero-order valence-electron chi connectivity index (χ0n) is 11.1. The van der Waals surface area contributed by atoms with Crippen LogP contribution in [0.15, 0.2) is 6.33 Å². The number of hydrogen-bond acceptors (Lipinski definition) is 6. The van der Waals surface area contributed by atoms with Crippen LogP contribution in [0.25, 0.3) is 11.2 Å². The van der Waals surface area contributed by atoms with Gasteiger partial charge in [-0.25, -0.2) is 4.98 Å². The molecule has 0 amide bonds. The number of aliphatic hydroxyl groups is 1. The van der Waals surface area contributed by atoms with Gasteiger partial charge in [-0.1, -0.05) is 12.8 Å². The van der Waals surface area contributed by atoms with E-state index in [1.54, 1.807) is 13.4 Å². The number of hydrogen-bond donors (Lipinski definition) is 4. The van der Waals surface area contributed by atoms with Crippen LogP contribution in [-0.2, 0) is 0 Å². The molecule has 0 radical (unpaired) electrons. The Morgan fingerprint density at radius 2 is 2.05 bits per heavy atom. The lowest BCUT2D eigenvalue weighted by Crippen LogP contribution is -2.07. The quantitative estimate of drug-likeness (QED) is 0.537. The van der Waals surface area contributed by atoms with Gasteiger partial charge in [-0.2, -0.15) is 9.97 Å². The molecule has 4 N–H and O–H groups in total. The minimum atomic E-state index is 0.277. The summed E-state index contributed by atoms with van der Waals surface area (Å²) in [7, 11) is 1.78. The van der Waals surface area contributed by atoms with Gasteiger partial charge in [0.25, 0.3) is 0 Å². The normalized spacial score (nSPS) is 10.8. The van der Waals surface area contributed by atoms with E-state index in [9.17, 15) is 0 Å². The Bertz CT molecular complexity index is 512. The predicted octanol–water partition coefficient (Wildman–Crippen LogP) is 1.36. The third-order valence-corrected chi connectivity index (χ3v) is 2.89. The number of H-pyrrole nitrogens is 1. The van der Waals surface area contributed by atoms with Crippen LogP contribution in [0.5, 0.6) is 0 Å². The fraction of sp³-hybridized carbons (Fsp3) is 0.583. The van der Waals surface area contributed by atoms with E-state index in [1.807, 2.05) is 0 Å². The molecule has 2 heterocycles. The number of rotatable bonds is 8. The van der Waals surface area contributed by atoms with E-state index in [4.69, 9.17) is 5.11 Å². The summed E-state index contributed by atoms with van der Waals surface area (Å²) in [5.41, 5.74) is 1.48. The smallest absolute Gasteiger partial charge is 0.226 e. The number of unbranched alkanes of at least 4 members (excludes halogenated alkanes) is 3. The Hall–Kier alpha value is -1.89. The first-order valence-electron chi connectivity index (χ1n) is 6.58. The minimum absolute atomic E-state index is 0.277. The third kappa shape index (κ3) is 3.54. The number of aliphatic hydroxyl groups excluding tert-OH is 1. The number of fused-ring (bicyclic) bond motifs is 1. The van der Waals surface area contributed by atoms with E-state index >= 15 is 0 Å². The van der Waals surface area contributed by atoms with Gasteiger partial charge in [-0.15, -0.1) is 0 Å². The zero-order valence-corrected chi connectivity index (χ0v) is 11.1. The van der Waals surface area contributed by atoms with Gasteiger partial charge in [-0.05, 0) is 12.8 Å². The zero-order chi connectivity index (χ0) is 13.5. The van der Waals surface area contributed by atoms with Crippen LogP contribution in [0.2, 0.25) is 0 Å². The van der Waals surface area contributed by atoms with Crippen molar-refractivity contribution >= 4 is 22.9 Å². The first-order valence-corrected chi connectivity index (χ1v) is 6.58. The van der Waals surface area contributed by atoms with Crippen molar-refractivity contribution in [3.8, 4) is 0 Å². The van der Waals surface area contributed by atoms with E-state index in [1.165, 1.54) is 0 Å². The van der Waals surface area contributed by atoms with Crippen molar-refractivity contribution in [3.63, 3.8) is 0 Å². The molecule has 0 atom stereocenters. The molecule has 0 aliphatic heterocycles. The topological polar surface area (TPSA) is 98.8 Å². The lowest BCUT2D eigenvalue weighted by Gasteiger charge is -2.07. The molecule has 0 aliphatic rings. The monoisotopic (exact) mass is 264 g/mol. The average Bonchev–Trinajstić information content (AvgIpc) is 2.90. The van der Waals surface area contributed by atoms with E-state index in [0.29, 0.717) is 11.6 Å². The summed E-state index contributed by atoms with van der Waals surface area (Å²) in [6.07, 6.45) is 5.70. The second-order valence-corrected chi connectivity index (χ2v) is 4.31. The van der Waals surface area contributed by atoms with Gasteiger partial charge in [0.05, 0.1) is 6.33 Å². The summed E-state index contributed by atoms with van der Waals surface area (Å²) < 4.78 is 0. The van der Waals surface area contributed by atoms with Gasteiger partial charge < -0.3 is 20.7 Å². The van der Waals surface area contributed by atoms with Crippen molar-refractivity contribution in [2.45, 2.75) is 25.7 Å². The minimum Gasteiger partial charge on any atom is -0.396 e. The lowest BCUT2D eigenvalue weighted by atomic mass is 10.2. The summed E-state index contributed by atoms with van der Waals surface area (Å²) in [4.78, 5) is 15.8. The largest absolute Gasteiger partial charge is 0.396 e. The van der Waals surface area contributed by atoms with Crippen LogP contribution in [0, 0.1) is 0 Å². The summed E-state index contributed by atoms with van der Waals surface area (Å²) in [5.74, 6) is 1.33. The van der Waals surface area contributed by atoms with Gasteiger partial charge in [-0.3, -0.25) is 0 Å². The summed E-state index contributed by atoms with van der Waals surface area (Å²) in [6.45, 7) is 1.12. The van der Waals surface area contributed by atoms with E-state index < -0.39 is 0 Å². The Morgan fingerprint density at radius 1 is 1.21 bits per heavy atom. The molecule has 2 aromatic heterocycles. The van der Waals surface area contributed by atoms with Crippen molar-refractivity contribution in [2.75, 3.05) is 30.8 Å². The van der Waals surface area contributed by atoms with Crippen molar-refractivity contribution in [2.24, 2.45) is 0 Å². The average molecular weight is 264 g/mol. The van der Waals surface area contributed by atoms with Gasteiger partial charge in [0.1, 0.15) is 5.52 Å². The maximum Gasteiger partial charge on any atom is 0.226 e. The number of aromatic nitrogens is 4. The summed E-state index contributed by atoms with van der Waals surface area (Å²) in [6, 6.07) is 0. The van der Waals surface area contributed by atoms with Crippen LogP contribution in [0.4, 0.5) is 11.8 Å². The molecule has 19 heavy (non-hydrogen) atoms. The first kappa shape index (κ1) is 13.5. The highest BCUT2D eigenvalue weighted by atomic mass is 16.2. The summed E-state index contributed by atoms with van der Waals surface area (Å²) >= 11 is 0. The van der Waals surface area contributed by atoms with Crippen LogP contribution < -0.4 is 10.6 Å². The molecular weight excluding hydrogens is 244 g/mol. The molecular formula is C12H20N6O. The predicted molar refractivity (Wildman–Crippen MR) is 75.3 cm³/mol. The van der Waals surface area contributed by atoms with E-state index in [2.05, 4.69) is 30.6 Å². The van der Waals surface area contributed by atoms with Crippen LogP contribution >= 0.6 is 0 Å². The van der Waals surface area contributed by atoms with Crippen molar-refractivity contribution in [3.05, 3.63) is 6.33 Å². The number of imidazole rings is 1. The second kappa shape index (κ2) is 6.89. The number of nitrogens with one attached hydrogen (secondary N) is 3. The molecule has 0 spiro atoms. The molecule has 2 rings (SSSR count). The summed E-state index contributed by atoms with van der Waals surface area (Å²) in [5, 5.41) is 14.9. The molecule has 0 aromatic carbocycles. The molecule has 0 saturated heterocycles. The highest BCUT2D eigenvalue weighted by Crippen LogP contribution is 2.18. The van der Waals surface area contributed by atoms with Crippen molar-refractivity contribution in [1.82, 2.24) is 19.9 Å². The Kier molecular flexibility index (Phi) is 4.91. The third-order valence-electron chi connectivity index (χ3n) is 2.89. The highest BCUT2D eigenvalue weighted by Gasteiger charge is 2.08. The lowest BCUT2D eigenvalue weighted by molar-refractivity contribution is 0.283. The first-order chi connectivity index (χ1) is 9.35. The Morgan fingerprint density at radius 3 is 2.84 bits per heavy atom. The number of anilines is 2. The number of aromatic amines is 1. The fourth-order valence-corrected chi connectivity index (χ4v) is 1.87. The Balaban J connectivity index is 1.93. The van der Waals surface area contributed by atoms with Gasteiger partial charge in [0, 0.05) is 20.2 Å². The second-order valence-electron chi connectivity index (χ2n) is 4.31. The van der Waals surface area contributed by atoms with Crippen LogP contribution in [-0.4, -0.2) is 45.2 Å². The SMILES string of the molecule is CNc1nc(NCCCCCCO)c2[nH]cnc2n1. The van der Waals surface area contributed by atoms with Gasteiger partial charge >= 0.3 is 0 Å². The highest BCUT2D eigenvalue weighted by molar-refractivity contribution is 5.83. The van der Waals surface area contributed by atoms with Gasteiger partial charge in [0.15, 0.2) is 11.5 Å². The molecule has 7 heteroatoms. The molecule has 7 nitrogen and oxygen atoms in total. The number of nitrogens with zero attached hydrogens (tertiary/aromatic N) is 3. The fourth-order valence-electron chi connectivity index (χ4n) is 1.87. The maximum atomic E-state index is 8.70. The molecule has 0 saturated carbocycles. The molecule has 0 unspecified atom stereocenters. The van der Waals surface area contributed by atoms with E-state index in [0.717, 1.165) is 43.6 Å². The standard InChI is InChI=1S/C12H20N6O/c1-13-12-17-10(9-11(18-12)16-8-15-9)14-6-4-2-3-5-7-19/h8,19H,2-7H2,1H3,(H3,13,14,15,16,17,18). The molecule has 2 aromatic rings. The van der Waals surface area contributed by atoms with Gasteiger partial charge in [0.2, 0.25) is 5.95 Å². The van der Waals surface area contributed by atoms with Crippen molar-refractivity contribution in [1.29, 1.82) is 0 Å². The molecule has 0 aliphatic carbocycles. The van der Waals surface area contributed by atoms with Crippen molar-refractivity contribution < 1.29 is 5.11 Å². The maximum absolute atomic E-state index is 8.70. The molecule has 104 valence electrons. The van der Waals surface area contributed by atoms with E-state index in [-0.39, 0.29) is 6.61 Å². The molecule has 0 bridgehead atoms. The molecule has 0 fully saturated rings. The Labute approximate surface area is 111 Å². The van der Waals surface area contributed by atoms with Crippen LogP contribution in [0.3, 0.4) is 0 Å².